The van der Waals surface area contributed by atoms with Gasteiger partial charge in [0.05, 0.1) is 27.6 Å². The van der Waals surface area contributed by atoms with Gasteiger partial charge < -0.3 is 4.57 Å². The topological polar surface area (TPSA) is 38.1 Å². The number of imidazole rings is 1. The molecule has 0 N–H and O–H groups in total. The molecule has 0 saturated carbocycles. The Labute approximate surface area is 149 Å². The summed E-state index contributed by atoms with van der Waals surface area (Å²) in [6, 6.07) is 13.6. The average Bonchev–Trinajstić information content (AvgIpc) is 3.12. The fraction of sp³-hybridized carbons (Fsp3) is 0.111. The molecule has 1 aliphatic heterocycles. The zero-order valence-electron chi connectivity index (χ0n) is 12.7. The molecule has 6 heteroatoms. The SMILES string of the molecule is O=C(CCn1ccnc1)N1c2ccccc2Sc2c(Cl)cccc21. The summed E-state index contributed by atoms with van der Waals surface area (Å²) in [6.45, 7) is 0.598. The highest BCUT2D eigenvalue weighted by Gasteiger charge is 2.28. The lowest BCUT2D eigenvalue weighted by Gasteiger charge is -2.31. The number of rotatable bonds is 3. The quantitative estimate of drug-likeness (QED) is 0.680. The molecular formula is C18H14ClN3OS. The van der Waals surface area contributed by atoms with Gasteiger partial charge in [-0.1, -0.05) is 41.6 Å². The third-order valence-corrected chi connectivity index (χ3v) is 5.52. The number of hydrogen-bond acceptors (Lipinski definition) is 3. The van der Waals surface area contributed by atoms with Crippen LogP contribution >= 0.6 is 23.4 Å². The summed E-state index contributed by atoms with van der Waals surface area (Å²) in [4.78, 5) is 20.7. The number of amides is 1. The number of hydrogen-bond donors (Lipinski definition) is 0. The van der Waals surface area contributed by atoms with Gasteiger partial charge >= 0.3 is 0 Å². The van der Waals surface area contributed by atoms with Gasteiger partial charge in [-0.3, -0.25) is 9.69 Å². The minimum Gasteiger partial charge on any atom is -0.337 e. The molecule has 0 bridgehead atoms. The normalized spacial score (nSPS) is 12.6. The fourth-order valence-electron chi connectivity index (χ4n) is 2.77. The van der Waals surface area contributed by atoms with Crippen LogP contribution in [0.15, 0.2) is 71.0 Å². The molecule has 2 heterocycles. The molecule has 0 radical (unpaired) electrons. The standard InChI is InChI=1S/C18H14ClN3OS/c19-13-4-3-6-15-18(13)24-16-7-2-1-5-14(16)22(15)17(23)8-10-21-11-9-20-12-21/h1-7,9,11-12H,8,10H2. The number of anilines is 2. The Morgan fingerprint density at radius 1 is 1.12 bits per heavy atom. The number of halogens is 1. The maximum absolute atomic E-state index is 13.0. The molecule has 1 amide bonds. The van der Waals surface area contributed by atoms with Crippen molar-refractivity contribution >= 4 is 40.6 Å². The summed E-state index contributed by atoms with van der Waals surface area (Å²) in [5.74, 6) is 0.0416. The van der Waals surface area contributed by atoms with Crippen LogP contribution in [-0.2, 0) is 11.3 Å². The number of carbonyl (C=O) groups is 1. The first-order valence-corrected chi connectivity index (χ1v) is 8.77. The summed E-state index contributed by atoms with van der Waals surface area (Å²) in [5.41, 5.74) is 1.76. The molecule has 1 aromatic heterocycles. The van der Waals surface area contributed by atoms with Crippen molar-refractivity contribution in [2.24, 2.45) is 0 Å². The van der Waals surface area contributed by atoms with E-state index in [-0.39, 0.29) is 5.91 Å². The molecule has 0 fully saturated rings. The summed E-state index contributed by atoms with van der Waals surface area (Å²) < 4.78 is 1.90. The Bertz CT molecular complexity index is 895. The lowest BCUT2D eigenvalue weighted by molar-refractivity contribution is -0.118. The third-order valence-electron chi connectivity index (χ3n) is 3.90. The Morgan fingerprint density at radius 3 is 2.79 bits per heavy atom. The van der Waals surface area contributed by atoms with Crippen LogP contribution in [0, 0.1) is 0 Å². The number of aryl methyl sites for hydroxylation is 1. The van der Waals surface area contributed by atoms with E-state index in [1.165, 1.54) is 0 Å². The van der Waals surface area contributed by atoms with Crippen molar-refractivity contribution in [2.45, 2.75) is 22.8 Å². The largest absolute Gasteiger partial charge is 0.337 e. The zero-order valence-corrected chi connectivity index (χ0v) is 14.3. The van der Waals surface area contributed by atoms with Crippen LogP contribution in [0.2, 0.25) is 5.02 Å². The molecule has 0 spiro atoms. The van der Waals surface area contributed by atoms with E-state index >= 15 is 0 Å². The molecule has 24 heavy (non-hydrogen) atoms. The number of nitrogens with zero attached hydrogens (tertiary/aromatic N) is 3. The molecule has 1 aliphatic rings. The van der Waals surface area contributed by atoms with Gasteiger partial charge in [0.2, 0.25) is 5.91 Å². The number of fused-ring (bicyclic) bond motifs is 2. The van der Waals surface area contributed by atoms with Gasteiger partial charge in [-0.05, 0) is 24.3 Å². The Kier molecular flexibility index (Phi) is 4.04. The van der Waals surface area contributed by atoms with E-state index in [2.05, 4.69) is 4.98 Å². The first-order valence-electron chi connectivity index (χ1n) is 7.58. The highest BCUT2D eigenvalue weighted by molar-refractivity contribution is 7.99. The second-order valence-electron chi connectivity index (χ2n) is 5.44. The number of para-hydroxylation sites is 1. The second-order valence-corrected chi connectivity index (χ2v) is 6.90. The van der Waals surface area contributed by atoms with Crippen molar-refractivity contribution in [2.75, 3.05) is 4.90 Å². The van der Waals surface area contributed by atoms with Crippen molar-refractivity contribution in [3.05, 3.63) is 66.2 Å². The van der Waals surface area contributed by atoms with E-state index in [0.717, 1.165) is 21.2 Å². The predicted octanol–water partition coefficient (Wildman–Crippen LogP) is 4.76. The molecule has 0 saturated heterocycles. The number of carbonyl (C=O) groups excluding carboxylic acids is 1. The smallest absolute Gasteiger partial charge is 0.233 e. The maximum Gasteiger partial charge on any atom is 0.233 e. The molecule has 3 aromatic rings. The van der Waals surface area contributed by atoms with Gasteiger partial charge in [-0.25, -0.2) is 4.98 Å². The van der Waals surface area contributed by atoms with Crippen molar-refractivity contribution in [1.29, 1.82) is 0 Å². The lowest BCUT2D eigenvalue weighted by Crippen LogP contribution is -2.29. The number of benzene rings is 2. The Balaban J connectivity index is 1.71. The summed E-state index contributed by atoms with van der Waals surface area (Å²) in [5, 5.41) is 0.666. The minimum absolute atomic E-state index is 0.0416. The van der Waals surface area contributed by atoms with Crippen molar-refractivity contribution < 1.29 is 4.79 Å². The van der Waals surface area contributed by atoms with E-state index in [4.69, 9.17) is 11.6 Å². The average molecular weight is 356 g/mol. The van der Waals surface area contributed by atoms with Gasteiger partial charge in [0.15, 0.2) is 0 Å². The van der Waals surface area contributed by atoms with Crippen LogP contribution in [0.3, 0.4) is 0 Å². The summed E-state index contributed by atoms with van der Waals surface area (Å²) in [7, 11) is 0. The van der Waals surface area contributed by atoms with Crippen molar-refractivity contribution in [3.63, 3.8) is 0 Å². The zero-order chi connectivity index (χ0) is 16.5. The van der Waals surface area contributed by atoms with E-state index < -0.39 is 0 Å². The second kappa shape index (κ2) is 6.34. The Morgan fingerprint density at radius 2 is 1.96 bits per heavy atom. The molecule has 0 atom stereocenters. The van der Waals surface area contributed by atoms with Gasteiger partial charge in [0.1, 0.15) is 0 Å². The molecular weight excluding hydrogens is 342 g/mol. The van der Waals surface area contributed by atoms with Gasteiger partial charge in [-0.15, -0.1) is 0 Å². The highest BCUT2D eigenvalue weighted by Crippen LogP contribution is 2.50. The highest BCUT2D eigenvalue weighted by atomic mass is 35.5. The molecule has 120 valence electrons. The van der Waals surface area contributed by atoms with Gasteiger partial charge in [-0.2, -0.15) is 0 Å². The lowest BCUT2D eigenvalue weighted by atomic mass is 10.2. The monoisotopic (exact) mass is 355 g/mol. The van der Waals surface area contributed by atoms with E-state index in [9.17, 15) is 4.79 Å². The summed E-state index contributed by atoms with van der Waals surface area (Å²) in [6.07, 6.45) is 5.68. The van der Waals surface area contributed by atoms with E-state index in [1.54, 1.807) is 29.2 Å². The summed E-state index contributed by atoms with van der Waals surface area (Å²) >= 11 is 7.97. The van der Waals surface area contributed by atoms with E-state index in [0.29, 0.717) is 18.0 Å². The van der Waals surface area contributed by atoms with Crippen molar-refractivity contribution in [3.8, 4) is 0 Å². The minimum atomic E-state index is 0.0416. The van der Waals surface area contributed by atoms with Crippen LogP contribution in [0.25, 0.3) is 0 Å². The molecule has 4 nitrogen and oxygen atoms in total. The van der Waals surface area contributed by atoms with Crippen LogP contribution in [0.4, 0.5) is 11.4 Å². The van der Waals surface area contributed by atoms with Crippen LogP contribution in [0.1, 0.15) is 6.42 Å². The van der Waals surface area contributed by atoms with Crippen LogP contribution < -0.4 is 4.90 Å². The molecule has 2 aromatic carbocycles. The van der Waals surface area contributed by atoms with E-state index in [1.807, 2.05) is 53.2 Å². The van der Waals surface area contributed by atoms with Gasteiger partial charge in [0.25, 0.3) is 0 Å². The molecule has 0 unspecified atom stereocenters. The fourth-order valence-corrected chi connectivity index (χ4v) is 4.11. The van der Waals surface area contributed by atoms with Crippen molar-refractivity contribution in [1.82, 2.24) is 9.55 Å². The Hall–Kier alpha value is -2.24. The number of aromatic nitrogens is 2. The first kappa shape index (κ1) is 15.3. The van der Waals surface area contributed by atoms with Gasteiger partial charge in [0, 0.05) is 30.3 Å². The van der Waals surface area contributed by atoms with Crippen LogP contribution in [-0.4, -0.2) is 15.5 Å². The predicted molar refractivity (Wildman–Crippen MR) is 96.0 cm³/mol. The molecule has 0 aliphatic carbocycles. The van der Waals surface area contributed by atoms with Crippen LogP contribution in [0.5, 0.6) is 0 Å². The first-order chi connectivity index (χ1) is 11.7. The third kappa shape index (κ3) is 2.70. The maximum atomic E-state index is 13.0. The molecule has 4 rings (SSSR count).